The van der Waals surface area contributed by atoms with Crippen molar-refractivity contribution in [3.05, 3.63) is 51.9 Å². The molecule has 3 amide bonds. The van der Waals surface area contributed by atoms with Crippen LogP contribution in [0.4, 0.5) is 23.9 Å². The van der Waals surface area contributed by atoms with E-state index in [0.29, 0.717) is 18.7 Å². The van der Waals surface area contributed by atoms with Crippen molar-refractivity contribution in [2.75, 3.05) is 11.9 Å². The molecule has 13 heteroatoms. The first-order valence-corrected chi connectivity index (χ1v) is 12.8. The highest BCUT2D eigenvalue weighted by molar-refractivity contribution is 7.12. The number of aromatic nitrogens is 3. The number of urea groups is 1. The molecule has 0 bridgehead atoms. The Bertz CT molecular complexity index is 1200. The summed E-state index contributed by atoms with van der Waals surface area (Å²) in [4.78, 5) is 36.6. The van der Waals surface area contributed by atoms with Gasteiger partial charge in [-0.25, -0.2) is 19.7 Å². The Morgan fingerprint density at radius 2 is 1.95 bits per heavy atom. The zero-order valence-corrected chi connectivity index (χ0v) is 21.0. The molecule has 0 spiro atoms. The molecule has 1 unspecified atom stereocenters. The van der Waals surface area contributed by atoms with Gasteiger partial charge >= 0.3 is 12.2 Å². The first kappa shape index (κ1) is 26.6. The second-order valence-corrected chi connectivity index (χ2v) is 10.1. The minimum Gasteiger partial charge on any atom is -0.369 e. The van der Waals surface area contributed by atoms with E-state index in [1.165, 1.54) is 11.3 Å². The molecule has 1 saturated carbocycles. The second-order valence-electron chi connectivity index (χ2n) is 9.01. The van der Waals surface area contributed by atoms with Crippen LogP contribution in [0.1, 0.15) is 60.5 Å². The van der Waals surface area contributed by atoms with Gasteiger partial charge in [-0.2, -0.15) is 13.2 Å². The highest BCUT2D eigenvalue weighted by Crippen LogP contribution is 2.39. The van der Waals surface area contributed by atoms with Gasteiger partial charge in [-0.05, 0) is 50.3 Å². The fourth-order valence-corrected chi connectivity index (χ4v) is 5.56. The van der Waals surface area contributed by atoms with Crippen LogP contribution in [0.5, 0.6) is 0 Å². The number of amides is 3. The van der Waals surface area contributed by atoms with Crippen LogP contribution < -0.4 is 21.7 Å². The fourth-order valence-electron chi connectivity index (χ4n) is 4.48. The third-order valence-corrected chi connectivity index (χ3v) is 7.52. The number of anilines is 1. The van der Waals surface area contributed by atoms with Crippen LogP contribution in [0.15, 0.2) is 36.3 Å². The molecule has 2 aromatic rings. The minimum absolute atomic E-state index is 0.0903. The van der Waals surface area contributed by atoms with Crippen LogP contribution in [0.3, 0.4) is 0 Å². The lowest BCUT2D eigenvalue weighted by atomic mass is 9.82. The first-order valence-electron chi connectivity index (χ1n) is 12.0. The summed E-state index contributed by atoms with van der Waals surface area (Å²) >= 11 is 1.52. The fraction of sp³-hybridized carbons (Fsp3) is 0.458. The molecule has 2 aromatic heterocycles. The predicted molar refractivity (Wildman–Crippen MR) is 133 cm³/mol. The molecule has 2 aliphatic rings. The third kappa shape index (κ3) is 6.85. The van der Waals surface area contributed by atoms with Crippen molar-refractivity contribution in [3.63, 3.8) is 0 Å². The normalized spacial score (nSPS) is 22.0. The molecule has 0 aliphatic heterocycles. The number of nitrogens with two attached hydrogens (primary N) is 1. The number of nitrogens with zero attached hydrogens (tertiary/aromatic N) is 3. The van der Waals surface area contributed by atoms with E-state index in [-0.39, 0.29) is 29.7 Å². The lowest BCUT2D eigenvalue weighted by Crippen LogP contribution is -2.42. The maximum absolute atomic E-state index is 13.1. The summed E-state index contributed by atoms with van der Waals surface area (Å²) in [6.45, 7) is 2.25. The van der Waals surface area contributed by atoms with Gasteiger partial charge in [-0.1, -0.05) is 6.08 Å². The molecular weight excluding hydrogens is 507 g/mol. The van der Waals surface area contributed by atoms with Crippen LogP contribution in [0.2, 0.25) is 0 Å². The largest absolute Gasteiger partial charge is 0.433 e. The van der Waals surface area contributed by atoms with Gasteiger partial charge in [0.25, 0.3) is 0 Å². The lowest BCUT2D eigenvalue weighted by molar-refractivity contribution is -0.141. The minimum atomic E-state index is -4.59. The van der Waals surface area contributed by atoms with Crippen molar-refractivity contribution in [2.45, 2.75) is 57.2 Å². The van der Waals surface area contributed by atoms with Gasteiger partial charge in [0.05, 0.1) is 15.9 Å². The molecule has 5 N–H and O–H groups in total. The summed E-state index contributed by atoms with van der Waals surface area (Å²) < 4.78 is 39.3. The summed E-state index contributed by atoms with van der Waals surface area (Å²) in [5.74, 6) is -0.295. The molecule has 2 heterocycles. The molecule has 1 fully saturated rings. The van der Waals surface area contributed by atoms with E-state index in [1.54, 1.807) is 19.2 Å². The molecule has 9 nitrogen and oxygen atoms in total. The number of allylic oxidation sites excluding steroid dienone is 2. The van der Waals surface area contributed by atoms with E-state index in [4.69, 9.17) is 5.73 Å². The molecule has 0 aromatic carbocycles. The average Bonchev–Trinajstić information content (AvgIpc) is 3.34. The Balaban J connectivity index is 1.55. The quantitative estimate of drug-likeness (QED) is 0.420. The summed E-state index contributed by atoms with van der Waals surface area (Å²) in [5.41, 5.74) is 5.72. The van der Waals surface area contributed by atoms with Crippen LogP contribution in [-0.2, 0) is 11.0 Å². The van der Waals surface area contributed by atoms with E-state index in [1.807, 2.05) is 6.08 Å². The maximum Gasteiger partial charge on any atom is 0.433 e. The number of hydrogen-bond donors (Lipinski definition) is 4. The first-order chi connectivity index (χ1) is 17.6. The molecule has 2 aliphatic carbocycles. The zero-order valence-electron chi connectivity index (χ0n) is 20.1. The molecule has 0 saturated heterocycles. The molecular formula is C24H28F3N7O2S. The lowest BCUT2D eigenvalue weighted by Gasteiger charge is -2.25. The molecule has 37 heavy (non-hydrogen) atoms. The van der Waals surface area contributed by atoms with Crippen molar-refractivity contribution in [2.24, 2.45) is 11.7 Å². The summed E-state index contributed by atoms with van der Waals surface area (Å²) in [6, 6.07) is 0.0355. The number of carbonyl (C=O) groups excluding carboxylic acids is 2. The number of primary amides is 1. The van der Waals surface area contributed by atoms with Gasteiger partial charge in [0, 0.05) is 42.9 Å². The van der Waals surface area contributed by atoms with Crippen molar-refractivity contribution < 1.29 is 22.8 Å². The Kier molecular flexibility index (Phi) is 8.10. The second kappa shape index (κ2) is 11.3. The third-order valence-electron chi connectivity index (χ3n) is 6.31. The zero-order chi connectivity index (χ0) is 26.6. The average molecular weight is 536 g/mol. The number of thiazole rings is 1. The number of hydrogen-bond acceptors (Lipinski definition) is 7. The smallest absolute Gasteiger partial charge is 0.369 e. The van der Waals surface area contributed by atoms with E-state index >= 15 is 0 Å². The van der Waals surface area contributed by atoms with Crippen LogP contribution >= 0.6 is 11.3 Å². The highest BCUT2D eigenvalue weighted by Gasteiger charge is 2.33. The van der Waals surface area contributed by atoms with Gasteiger partial charge in [-0.3, -0.25) is 4.79 Å². The number of alkyl halides is 3. The van der Waals surface area contributed by atoms with Gasteiger partial charge < -0.3 is 21.7 Å². The van der Waals surface area contributed by atoms with Gasteiger partial charge in [0.1, 0.15) is 5.69 Å². The van der Waals surface area contributed by atoms with E-state index in [2.05, 4.69) is 30.9 Å². The van der Waals surface area contributed by atoms with Gasteiger partial charge in [0.15, 0.2) is 0 Å². The molecule has 1 atom stereocenters. The maximum atomic E-state index is 13.1. The van der Waals surface area contributed by atoms with Crippen molar-refractivity contribution >= 4 is 34.8 Å². The number of carbonyl (C=O) groups is 2. The summed E-state index contributed by atoms with van der Waals surface area (Å²) in [6.07, 6.45) is 5.36. The van der Waals surface area contributed by atoms with Crippen molar-refractivity contribution in [3.8, 4) is 0 Å². The van der Waals surface area contributed by atoms with Gasteiger partial charge in [0.2, 0.25) is 11.9 Å². The molecule has 198 valence electrons. The number of nitrogens with one attached hydrogen (secondary N) is 3. The van der Waals surface area contributed by atoms with Crippen molar-refractivity contribution in [1.82, 2.24) is 25.6 Å². The van der Waals surface area contributed by atoms with Crippen LogP contribution in [-0.4, -0.2) is 39.5 Å². The monoisotopic (exact) mass is 535 g/mol. The van der Waals surface area contributed by atoms with E-state index in [0.717, 1.165) is 53.4 Å². The predicted octanol–water partition coefficient (Wildman–Crippen LogP) is 4.18. The van der Waals surface area contributed by atoms with Crippen molar-refractivity contribution in [1.29, 1.82) is 0 Å². The van der Waals surface area contributed by atoms with E-state index < -0.39 is 17.9 Å². The van der Waals surface area contributed by atoms with Crippen LogP contribution in [0, 0.1) is 5.92 Å². The Hall–Kier alpha value is -3.48. The number of halogens is 3. The SMILES string of the molecule is CCNC(=O)NC1C=C(c2cnc(C3CCC(C(N)=O)CC3)s2)C=C(Nc2nccc(C(F)(F)F)n2)C1. The number of rotatable bonds is 7. The van der Waals surface area contributed by atoms with E-state index in [9.17, 15) is 22.8 Å². The van der Waals surface area contributed by atoms with Crippen LogP contribution in [0.25, 0.3) is 5.57 Å². The Labute approximate surface area is 215 Å². The molecule has 4 rings (SSSR count). The highest BCUT2D eigenvalue weighted by atomic mass is 32.1. The Morgan fingerprint density at radius 1 is 1.19 bits per heavy atom. The standard InChI is InChI=1S/C24H28F3N7O2S/c1-2-29-23(36)33-17-10-15(9-16(11-17)32-22-30-8-7-19(34-22)24(25,26)27)18-12-31-21(37-18)14-5-3-13(4-6-14)20(28)35/h7-10,12-14,17H,2-6,11H2,1H3,(H2,28,35)(H2,29,33,36)(H,30,32,34). The molecule has 0 radical (unpaired) electrons. The summed E-state index contributed by atoms with van der Waals surface area (Å²) in [7, 11) is 0. The Morgan fingerprint density at radius 3 is 2.62 bits per heavy atom. The summed E-state index contributed by atoms with van der Waals surface area (Å²) in [5, 5.41) is 9.39. The van der Waals surface area contributed by atoms with Gasteiger partial charge in [-0.15, -0.1) is 11.3 Å². The topological polar surface area (TPSA) is 135 Å².